The number of carboxylic acids is 1. The Balaban J connectivity index is 2.11. The van der Waals surface area contributed by atoms with E-state index in [0.29, 0.717) is 17.9 Å². The third-order valence-electron chi connectivity index (χ3n) is 4.23. The van der Waals surface area contributed by atoms with E-state index < -0.39 is 17.4 Å². The smallest absolute Gasteiger partial charge is 0.333 e. The SMILES string of the molecule is C=C(C)C(=O)OC1CC2CC1C(C)(C(=O)O)C2. The molecule has 0 aromatic heterocycles. The molecular weight excluding hydrogens is 220 g/mol. The van der Waals surface area contributed by atoms with Crippen LogP contribution >= 0.6 is 0 Å². The summed E-state index contributed by atoms with van der Waals surface area (Å²) in [6.07, 6.45) is 2.11. The van der Waals surface area contributed by atoms with Gasteiger partial charge in [0.15, 0.2) is 0 Å². The molecular formula is C13H18O4. The van der Waals surface area contributed by atoms with Crippen molar-refractivity contribution < 1.29 is 19.4 Å². The van der Waals surface area contributed by atoms with E-state index in [1.807, 2.05) is 0 Å². The lowest BCUT2D eigenvalue weighted by Gasteiger charge is -2.34. The largest absolute Gasteiger partial charge is 0.481 e. The number of rotatable bonds is 3. The number of esters is 1. The van der Waals surface area contributed by atoms with E-state index in [2.05, 4.69) is 6.58 Å². The average molecular weight is 238 g/mol. The van der Waals surface area contributed by atoms with Crippen molar-refractivity contribution in [2.45, 2.75) is 39.2 Å². The lowest BCUT2D eigenvalue weighted by molar-refractivity contribution is -0.162. The van der Waals surface area contributed by atoms with E-state index in [4.69, 9.17) is 4.74 Å². The maximum atomic E-state index is 11.5. The van der Waals surface area contributed by atoms with E-state index in [-0.39, 0.29) is 12.0 Å². The van der Waals surface area contributed by atoms with E-state index in [9.17, 15) is 14.7 Å². The fourth-order valence-corrected chi connectivity index (χ4v) is 3.30. The van der Waals surface area contributed by atoms with Crippen LogP contribution in [-0.2, 0) is 14.3 Å². The van der Waals surface area contributed by atoms with E-state index in [1.165, 1.54) is 0 Å². The predicted octanol–water partition coefficient (Wildman–Crippen LogP) is 2.00. The van der Waals surface area contributed by atoms with Crippen molar-refractivity contribution in [1.82, 2.24) is 0 Å². The first-order valence-corrected chi connectivity index (χ1v) is 5.94. The molecule has 0 aromatic rings. The van der Waals surface area contributed by atoms with Crippen LogP contribution in [0.5, 0.6) is 0 Å². The Morgan fingerprint density at radius 3 is 2.53 bits per heavy atom. The molecule has 0 saturated heterocycles. The van der Waals surface area contributed by atoms with Gasteiger partial charge in [0.25, 0.3) is 0 Å². The van der Waals surface area contributed by atoms with Crippen LogP contribution in [0.2, 0.25) is 0 Å². The van der Waals surface area contributed by atoms with Gasteiger partial charge in [-0.15, -0.1) is 0 Å². The second-order valence-electron chi connectivity index (χ2n) is 5.59. The molecule has 2 bridgehead atoms. The summed E-state index contributed by atoms with van der Waals surface area (Å²) < 4.78 is 5.35. The third kappa shape index (κ3) is 1.85. The minimum atomic E-state index is -0.777. The number of carbonyl (C=O) groups excluding carboxylic acids is 1. The molecule has 0 radical (unpaired) electrons. The fourth-order valence-electron chi connectivity index (χ4n) is 3.30. The van der Waals surface area contributed by atoms with Gasteiger partial charge >= 0.3 is 11.9 Å². The number of ether oxygens (including phenoxy) is 1. The first-order chi connectivity index (χ1) is 7.84. The molecule has 2 saturated carbocycles. The van der Waals surface area contributed by atoms with Gasteiger partial charge < -0.3 is 9.84 Å². The molecule has 2 fully saturated rings. The van der Waals surface area contributed by atoms with Gasteiger partial charge in [0, 0.05) is 11.5 Å². The molecule has 4 unspecified atom stereocenters. The number of aliphatic carboxylic acids is 1. The zero-order valence-electron chi connectivity index (χ0n) is 10.2. The first kappa shape index (κ1) is 12.1. The molecule has 2 rings (SSSR count). The van der Waals surface area contributed by atoms with Gasteiger partial charge in [-0.2, -0.15) is 0 Å². The molecule has 1 N–H and O–H groups in total. The monoisotopic (exact) mass is 238 g/mol. The van der Waals surface area contributed by atoms with Crippen LogP contribution in [-0.4, -0.2) is 23.1 Å². The number of hydrogen-bond acceptors (Lipinski definition) is 3. The second-order valence-corrected chi connectivity index (χ2v) is 5.59. The summed E-state index contributed by atoms with van der Waals surface area (Å²) in [5, 5.41) is 9.30. The second kappa shape index (κ2) is 3.86. The molecule has 0 heterocycles. The van der Waals surface area contributed by atoms with Crippen molar-refractivity contribution in [2.75, 3.05) is 0 Å². The first-order valence-electron chi connectivity index (χ1n) is 5.94. The van der Waals surface area contributed by atoms with E-state index in [1.54, 1.807) is 13.8 Å². The maximum Gasteiger partial charge on any atom is 0.333 e. The summed E-state index contributed by atoms with van der Waals surface area (Å²) in [5.74, 6) is -0.853. The van der Waals surface area contributed by atoms with E-state index in [0.717, 1.165) is 12.8 Å². The molecule has 2 aliphatic carbocycles. The molecule has 4 nitrogen and oxygen atoms in total. The van der Waals surface area contributed by atoms with Gasteiger partial charge in [-0.1, -0.05) is 6.58 Å². The highest BCUT2D eigenvalue weighted by atomic mass is 16.5. The van der Waals surface area contributed by atoms with Crippen molar-refractivity contribution in [2.24, 2.45) is 17.3 Å². The van der Waals surface area contributed by atoms with Crippen molar-refractivity contribution in [3.63, 3.8) is 0 Å². The molecule has 0 aliphatic heterocycles. The number of hydrogen-bond donors (Lipinski definition) is 1. The number of carbonyl (C=O) groups is 2. The molecule has 2 aliphatic rings. The van der Waals surface area contributed by atoms with Crippen LogP contribution in [0.15, 0.2) is 12.2 Å². The molecule has 0 spiro atoms. The summed E-state index contributed by atoms with van der Waals surface area (Å²) in [6, 6.07) is 0. The Morgan fingerprint density at radius 2 is 2.06 bits per heavy atom. The van der Waals surface area contributed by atoms with Crippen molar-refractivity contribution in [3.05, 3.63) is 12.2 Å². The Labute approximate surface area is 101 Å². The number of carboxylic acid groups (broad SMARTS) is 1. The highest BCUT2D eigenvalue weighted by molar-refractivity contribution is 5.87. The molecule has 0 amide bonds. The highest BCUT2D eigenvalue weighted by Crippen LogP contribution is 2.56. The highest BCUT2D eigenvalue weighted by Gasteiger charge is 2.58. The van der Waals surface area contributed by atoms with E-state index >= 15 is 0 Å². The maximum absolute atomic E-state index is 11.5. The molecule has 17 heavy (non-hydrogen) atoms. The van der Waals surface area contributed by atoms with Gasteiger partial charge in [-0.05, 0) is 39.0 Å². The lowest BCUT2D eigenvalue weighted by Crippen LogP contribution is -2.41. The molecule has 0 aromatic carbocycles. The minimum Gasteiger partial charge on any atom is -0.481 e. The van der Waals surface area contributed by atoms with Crippen LogP contribution < -0.4 is 0 Å². The van der Waals surface area contributed by atoms with Gasteiger partial charge in [-0.25, -0.2) is 4.79 Å². The fraction of sp³-hybridized carbons (Fsp3) is 0.692. The number of fused-ring (bicyclic) bond motifs is 2. The predicted molar refractivity (Wildman–Crippen MR) is 61.3 cm³/mol. The zero-order valence-corrected chi connectivity index (χ0v) is 10.2. The Kier molecular flexibility index (Phi) is 2.76. The van der Waals surface area contributed by atoms with Gasteiger partial charge in [0.2, 0.25) is 0 Å². The third-order valence-corrected chi connectivity index (χ3v) is 4.23. The summed E-state index contributed by atoms with van der Waals surface area (Å²) in [6.45, 7) is 6.91. The normalized spacial score (nSPS) is 39.1. The lowest BCUT2D eigenvalue weighted by atomic mass is 9.73. The van der Waals surface area contributed by atoms with Gasteiger partial charge in [-0.3, -0.25) is 4.79 Å². The van der Waals surface area contributed by atoms with Crippen molar-refractivity contribution >= 4 is 11.9 Å². The van der Waals surface area contributed by atoms with Crippen LogP contribution in [0.3, 0.4) is 0 Å². The molecule has 4 heteroatoms. The van der Waals surface area contributed by atoms with Crippen LogP contribution in [0.4, 0.5) is 0 Å². The van der Waals surface area contributed by atoms with Gasteiger partial charge in [0.05, 0.1) is 5.41 Å². The summed E-state index contributed by atoms with van der Waals surface area (Å²) in [5.41, 5.74) is -0.368. The minimum absolute atomic E-state index is 0.0479. The summed E-state index contributed by atoms with van der Waals surface area (Å²) in [4.78, 5) is 22.8. The van der Waals surface area contributed by atoms with Crippen LogP contribution in [0, 0.1) is 17.3 Å². The standard InChI is InChI=1S/C13H18O4/c1-7(2)11(14)17-10-5-8-4-9(10)13(3,6-8)12(15)16/h8-10H,1,4-6H2,2-3H3,(H,15,16). The quantitative estimate of drug-likeness (QED) is 0.603. The van der Waals surface area contributed by atoms with Crippen molar-refractivity contribution in [3.8, 4) is 0 Å². The van der Waals surface area contributed by atoms with Gasteiger partial charge in [0.1, 0.15) is 6.10 Å². The summed E-state index contributed by atoms with van der Waals surface area (Å²) in [7, 11) is 0. The Morgan fingerprint density at radius 1 is 1.41 bits per heavy atom. The average Bonchev–Trinajstić information content (AvgIpc) is 2.74. The Bertz CT molecular complexity index is 387. The molecule has 94 valence electrons. The molecule has 4 atom stereocenters. The topological polar surface area (TPSA) is 63.6 Å². The van der Waals surface area contributed by atoms with Crippen LogP contribution in [0.1, 0.15) is 33.1 Å². The van der Waals surface area contributed by atoms with Crippen LogP contribution in [0.25, 0.3) is 0 Å². The van der Waals surface area contributed by atoms with Crippen molar-refractivity contribution in [1.29, 1.82) is 0 Å². The zero-order chi connectivity index (χ0) is 12.8. The Hall–Kier alpha value is -1.32. The summed E-state index contributed by atoms with van der Waals surface area (Å²) >= 11 is 0.